The fourth-order valence-corrected chi connectivity index (χ4v) is 2.49. The minimum atomic E-state index is 0.867. The topological polar surface area (TPSA) is 24.9 Å². The molecule has 0 saturated carbocycles. The number of nitrogens with zero attached hydrogens (tertiary/aromatic N) is 1. The van der Waals surface area contributed by atoms with Crippen LogP contribution in [0.2, 0.25) is 0 Å². The number of aromatic nitrogens is 1. The van der Waals surface area contributed by atoms with E-state index in [-0.39, 0.29) is 0 Å². The molecule has 0 saturated heterocycles. The lowest BCUT2D eigenvalue weighted by Gasteiger charge is -2.13. The molecule has 2 heteroatoms. The van der Waals surface area contributed by atoms with Crippen molar-refractivity contribution in [2.45, 2.75) is 40.8 Å². The molecule has 0 amide bonds. The maximum Gasteiger partial charge on any atom is 0.0315 e. The van der Waals surface area contributed by atoms with Crippen LogP contribution in [0.4, 0.5) is 0 Å². The number of rotatable bonds is 4. The number of hydrogen-bond donors (Lipinski definition) is 1. The van der Waals surface area contributed by atoms with Gasteiger partial charge in [0.25, 0.3) is 0 Å². The van der Waals surface area contributed by atoms with Crippen molar-refractivity contribution in [1.82, 2.24) is 10.3 Å². The Bertz CT molecular complexity index is 550. The van der Waals surface area contributed by atoms with E-state index in [9.17, 15) is 0 Å². The maximum atomic E-state index is 4.18. The van der Waals surface area contributed by atoms with Crippen LogP contribution in [-0.2, 0) is 13.1 Å². The summed E-state index contributed by atoms with van der Waals surface area (Å²) in [6.07, 6.45) is 3.78. The quantitative estimate of drug-likeness (QED) is 0.901. The molecule has 0 aliphatic rings. The first-order valence-corrected chi connectivity index (χ1v) is 6.75. The van der Waals surface area contributed by atoms with Gasteiger partial charge in [-0.1, -0.05) is 17.7 Å². The van der Waals surface area contributed by atoms with E-state index in [0.29, 0.717) is 0 Å². The van der Waals surface area contributed by atoms with Crippen molar-refractivity contribution in [3.8, 4) is 0 Å². The van der Waals surface area contributed by atoms with Gasteiger partial charge in [-0.2, -0.15) is 0 Å². The second-order valence-electron chi connectivity index (χ2n) is 5.28. The molecule has 2 nitrogen and oxygen atoms in total. The number of nitrogens with one attached hydrogen (secondary N) is 1. The van der Waals surface area contributed by atoms with Gasteiger partial charge in [-0.25, -0.2) is 0 Å². The predicted molar refractivity (Wildman–Crippen MR) is 80.2 cm³/mol. The van der Waals surface area contributed by atoms with Gasteiger partial charge < -0.3 is 5.32 Å². The summed E-state index contributed by atoms with van der Waals surface area (Å²) in [4.78, 5) is 4.18. The molecule has 0 unspecified atom stereocenters. The average molecular weight is 254 g/mol. The Balaban J connectivity index is 2.02. The lowest BCUT2D eigenvalue weighted by molar-refractivity contribution is 0.683. The molecule has 19 heavy (non-hydrogen) atoms. The normalized spacial score (nSPS) is 10.7. The van der Waals surface area contributed by atoms with Gasteiger partial charge in [-0.05, 0) is 61.6 Å². The molecule has 0 spiro atoms. The predicted octanol–water partition coefficient (Wildman–Crippen LogP) is 3.61. The fraction of sp³-hybridized carbons (Fsp3) is 0.353. The molecule has 0 bridgehead atoms. The Morgan fingerprint density at radius 3 is 2.26 bits per heavy atom. The van der Waals surface area contributed by atoms with Crippen molar-refractivity contribution >= 4 is 0 Å². The van der Waals surface area contributed by atoms with Crippen LogP contribution in [0.15, 0.2) is 30.6 Å². The van der Waals surface area contributed by atoms with E-state index < -0.39 is 0 Å². The molecule has 1 aromatic carbocycles. The molecule has 1 heterocycles. The van der Waals surface area contributed by atoms with E-state index in [0.717, 1.165) is 13.1 Å². The summed E-state index contributed by atoms with van der Waals surface area (Å²) in [6.45, 7) is 10.4. The Labute approximate surface area is 115 Å². The summed E-state index contributed by atoms with van der Waals surface area (Å²) >= 11 is 0. The van der Waals surface area contributed by atoms with Gasteiger partial charge in [-0.15, -0.1) is 0 Å². The van der Waals surface area contributed by atoms with Crippen LogP contribution in [0, 0.1) is 27.7 Å². The highest BCUT2D eigenvalue weighted by molar-refractivity contribution is 5.37. The van der Waals surface area contributed by atoms with Crippen molar-refractivity contribution in [1.29, 1.82) is 0 Å². The van der Waals surface area contributed by atoms with E-state index >= 15 is 0 Å². The van der Waals surface area contributed by atoms with Gasteiger partial charge >= 0.3 is 0 Å². The third-order valence-corrected chi connectivity index (χ3v) is 3.61. The summed E-state index contributed by atoms with van der Waals surface area (Å²) in [7, 11) is 0. The number of pyridine rings is 1. The van der Waals surface area contributed by atoms with E-state index in [2.05, 4.69) is 56.2 Å². The van der Waals surface area contributed by atoms with Crippen LogP contribution < -0.4 is 5.32 Å². The highest BCUT2D eigenvalue weighted by Crippen LogP contribution is 2.16. The summed E-state index contributed by atoms with van der Waals surface area (Å²) in [5.41, 5.74) is 8.04. The van der Waals surface area contributed by atoms with Crippen LogP contribution in [0.5, 0.6) is 0 Å². The summed E-state index contributed by atoms with van der Waals surface area (Å²) in [5.74, 6) is 0. The van der Waals surface area contributed by atoms with Crippen molar-refractivity contribution in [3.63, 3.8) is 0 Å². The van der Waals surface area contributed by atoms with Crippen molar-refractivity contribution in [2.75, 3.05) is 0 Å². The van der Waals surface area contributed by atoms with Gasteiger partial charge in [-0.3, -0.25) is 4.98 Å². The van der Waals surface area contributed by atoms with Crippen molar-refractivity contribution in [2.24, 2.45) is 0 Å². The third kappa shape index (κ3) is 3.42. The molecular formula is C17H22N2. The molecular weight excluding hydrogens is 232 g/mol. The van der Waals surface area contributed by atoms with Crippen LogP contribution >= 0.6 is 0 Å². The van der Waals surface area contributed by atoms with Crippen molar-refractivity contribution < 1.29 is 0 Å². The average Bonchev–Trinajstić information content (AvgIpc) is 2.34. The maximum absolute atomic E-state index is 4.18. The SMILES string of the molecule is Cc1cc(C)c(CNCc2cnccc2C)c(C)c1. The standard InChI is InChI=1S/C17H22N2/c1-12-7-14(3)17(15(4)8-12)11-19-10-16-9-18-6-5-13(16)2/h5-9,19H,10-11H2,1-4H3. The summed E-state index contributed by atoms with van der Waals surface area (Å²) in [5, 5.41) is 3.52. The van der Waals surface area contributed by atoms with Gasteiger partial charge in [0.15, 0.2) is 0 Å². The molecule has 2 aromatic rings. The highest BCUT2D eigenvalue weighted by atomic mass is 14.9. The Kier molecular flexibility index (Phi) is 4.33. The van der Waals surface area contributed by atoms with Crippen LogP contribution in [-0.4, -0.2) is 4.98 Å². The van der Waals surface area contributed by atoms with Gasteiger partial charge in [0.2, 0.25) is 0 Å². The Morgan fingerprint density at radius 2 is 1.63 bits per heavy atom. The molecule has 0 fully saturated rings. The minimum Gasteiger partial charge on any atom is -0.309 e. The van der Waals surface area contributed by atoms with Crippen LogP contribution in [0.25, 0.3) is 0 Å². The van der Waals surface area contributed by atoms with Crippen molar-refractivity contribution in [3.05, 3.63) is 64.0 Å². The van der Waals surface area contributed by atoms with E-state index in [1.807, 2.05) is 12.4 Å². The number of hydrogen-bond acceptors (Lipinski definition) is 2. The highest BCUT2D eigenvalue weighted by Gasteiger charge is 2.04. The zero-order valence-electron chi connectivity index (χ0n) is 12.2. The smallest absolute Gasteiger partial charge is 0.0315 e. The number of benzene rings is 1. The zero-order valence-corrected chi connectivity index (χ0v) is 12.2. The lowest BCUT2D eigenvalue weighted by Crippen LogP contribution is -2.15. The third-order valence-electron chi connectivity index (χ3n) is 3.61. The second kappa shape index (κ2) is 5.98. The number of aryl methyl sites for hydroxylation is 4. The second-order valence-corrected chi connectivity index (χ2v) is 5.28. The zero-order chi connectivity index (χ0) is 13.8. The fourth-order valence-electron chi connectivity index (χ4n) is 2.49. The monoisotopic (exact) mass is 254 g/mol. The van der Waals surface area contributed by atoms with Crippen LogP contribution in [0.1, 0.15) is 33.4 Å². The summed E-state index contributed by atoms with van der Waals surface area (Å²) in [6, 6.07) is 6.55. The largest absolute Gasteiger partial charge is 0.309 e. The molecule has 0 atom stereocenters. The molecule has 0 aliphatic carbocycles. The van der Waals surface area contributed by atoms with Gasteiger partial charge in [0.05, 0.1) is 0 Å². The molecule has 100 valence electrons. The van der Waals surface area contributed by atoms with Crippen LogP contribution in [0.3, 0.4) is 0 Å². The molecule has 1 N–H and O–H groups in total. The molecule has 0 radical (unpaired) electrons. The summed E-state index contributed by atoms with van der Waals surface area (Å²) < 4.78 is 0. The van der Waals surface area contributed by atoms with E-state index in [1.165, 1.54) is 33.4 Å². The van der Waals surface area contributed by atoms with Gasteiger partial charge in [0, 0.05) is 25.5 Å². The van der Waals surface area contributed by atoms with E-state index in [1.54, 1.807) is 0 Å². The minimum absolute atomic E-state index is 0.867. The molecule has 2 rings (SSSR count). The first-order valence-electron chi connectivity index (χ1n) is 6.75. The molecule has 1 aromatic heterocycles. The van der Waals surface area contributed by atoms with E-state index in [4.69, 9.17) is 0 Å². The Morgan fingerprint density at radius 1 is 0.947 bits per heavy atom. The first kappa shape index (κ1) is 13.8. The van der Waals surface area contributed by atoms with Gasteiger partial charge in [0.1, 0.15) is 0 Å². The lowest BCUT2D eigenvalue weighted by atomic mass is 10.00. The molecule has 0 aliphatic heterocycles. The first-order chi connectivity index (χ1) is 9.08. The Hall–Kier alpha value is -1.67.